The van der Waals surface area contributed by atoms with Crippen molar-refractivity contribution in [2.24, 2.45) is 0 Å². The molecule has 1 heterocycles. The van der Waals surface area contributed by atoms with Crippen LogP contribution in [0.1, 0.15) is 19.8 Å². The minimum absolute atomic E-state index is 0.0388. The predicted molar refractivity (Wildman–Crippen MR) is 58.5 cm³/mol. The van der Waals surface area contributed by atoms with Gasteiger partial charge in [-0.2, -0.15) is 4.98 Å². The zero-order chi connectivity index (χ0) is 12.0. The zero-order valence-corrected chi connectivity index (χ0v) is 9.30. The molecule has 0 radical (unpaired) electrons. The van der Waals surface area contributed by atoms with Crippen molar-refractivity contribution in [1.82, 2.24) is 9.97 Å². The van der Waals surface area contributed by atoms with E-state index in [2.05, 4.69) is 15.3 Å². The average molecular weight is 225 g/mol. The van der Waals surface area contributed by atoms with Crippen molar-refractivity contribution >= 4 is 11.9 Å². The summed E-state index contributed by atoms with van der Waals surface area (Å²) < 4.78 is 4.94. The molecule has 1 aromatic rings. The van der Waals surface area contributed by atoms with E-state index in [-0.39, 0.29) is 12.5 Å². The van der Waals surface area contributed by atoms with Crippen molar-refractivity contribution < 1.29 is 14.6 Å². The van der Waals surface area contributed by atoms with Gasteiger partial charge >= 0.3 is 5.97 Å². The van der Waals surface area contributed by atoms with Crippen molar-refractivity contribution in [3.63, 3.8) is 0 Å². The van der Waals surface area contributed by atoms with Crippen LogP contribution in [0.3, 0.4) is 0 Å². The van der Waals surface area contributed by atoms with Gasteiger partial charge in [0.1, 0.15) is 0 Å². The lowest BCUT2D eigenvalue weighted by atomic mass is 10.1. The molecule has 1 atom stereocenters. The van der Waals surface area contributed by atoms with Crippen LogP contribution in [0.5, 0.6) is 5.88 Å². The summed E-state index contributed by atoms with van der Waals surface area (Å²) in [5, 5.41) is 11.6. The van der Waals surface area contributed by atoms with E-state index in [0.29, 0.717) is 18.2 Å². The third-order valence-electron chi connectivity index (χ3n) is 2.09. The van der Waals surface area contributed by atoms with Gasteiger partial charge in [0, 0.05) is 18.3 Å². The van der Waals surface area contributed by atoms with Gasteiger partial charge in [0.2, 0.25) is 11.8 Å². The van der Waals surface area contributed by atoms with Crippen LogP contribution >= 0.6 is 0 Å². The molecule has 0 aromatic carbocycles. The van der Waals surface area contributed by atoms with E-state index >= 15 is 0 Å². The minimum Gasteiger partial charge on any atom is -0.481 e. The molecule has 0 amide bonds. The summed E-state index contributed by atoms with van der Waals surface area (Å²) >= 11 is 0. The SMILES string of the molecule is CCC(CC(=O)O)Nc1nccc(OC)n1. The molecule has 0 bridgehead atoms. The lowest BCUT2D eigenvalue weighted by Crippen LogP contribution is -2.23. The molecule has 6 heteroatoms. The molecule has 0 spiro atoms. The van der Waals surface area contributed by atoms with Gasteiger partial charge in [-0.25, -0.2) is 4.98 Å². The van der Waals surface area contributed by atoms with E-state index in [1.807, 2.05) is 6.92 Å². The Morgan fingerprint density at radius 3 is 3.00 bits per heavy atom. The van der Waals surface area contributed by atoms with Crippen LogP contribution in [0.15, 0.2) is 12.3 Å². The number of methoxy groups -OCH3 is 1. The number of aromatic nitrogens is 2. The molecular weight excluding hydrogens is 210 g/mol. The van der Waals surface area contributed by atoms with Gasteiger partial charge in [0.25, 0.3) is 0 Å². The fraction of sp³-hybridized carbons (Fsp3) is 0.500. The summed E-state index contributed by atoms with van der Waals surface area (Å²) in [6.45, 7) is 1.90. The maximum Gasteiger partial charge on any atom is 0.305 e. The maximum absolute atomic E-state index is 10.6. The standard InChI is InChI=1S/C10H15N3O3/c1-3-7(6-9(14)15)12-10-11-5-4-8(13-10)16-2/h4-5,7H,3,6H2,1-2H3,(H,14,15)(H,11,12,13). The molecule has 2 N–H and O–H groups in total. The number of hydrogen-bond donors (Lipinski definition) is 2. The number of carbonyl (C=O) groups is 1. The van der Waals surface area contributed by atoms with Gasteiger partial charge in [-0.3, -0.25) is 4.79 Å². The zero-order valence-electron chi connectivity index (χ0n) is 9.30. The number of hydrogen-bond acceptors (Lipinski definition) is 5. The number of ether oxygens (including phenoxy) is 1. The van der Waals surface area contributed by atoms with E-state index in [9.17, 15) is 4.79 Å². The monoisotopic (exact) mass is 225 g/mol. The van der Waals surface area contributed by atoms with Crippen LogP contribution in [-0.2, 0) is 4.79 Å². The molecule has 88 valence electrons. The van der Waals surface area contributed by atoms with Crippen molar-refractivity contribution in [1.29, 1.82) is 0 Å². The van der Waals surface area contributed by atoms with Crippen LogP contribution in [0.25, 0.3) is 0 Å². The Hall–Kier alpha value is -1.85. The second-order valence-electron chi connectivity index (χ2n) is 3.27. The second kappa shape index (κ2) is 5.89. The summed E-state index contributed by atoms with van der Waals surface area (Å²) in [5.41, 5.74) is 0. The quantitative estimate of drug-likeness (QED) is 0.755. The molecule has 0 saturated carbocycles. The summed E-state index contributed by atoms with van der Waals surface area (Å²) in [4.78, 5) is 18.6. The lowest BCUT2D eigenvalue weighted by Gasteiger charge is -2.14. The number of aliphatic carboxylic acids is 1. The number of carboxylic acids is 1. The van der Waals surface area contributed by atoms with Crippen molar-refractivity contribution in [3.05, 3.63) is 12.3 Å². The van der Waals surface area contributed by atoms with E-state index in [0.717, 1.165) is 0 Å². The van der Waals surface area contributed by atoms with E-state index in [4.69, 9.17) is 9.84 Å². The van der Waals surface area contributed by atoms with Gasteiger partial charge in [-0.05, 0) is 6.42 Å². The maximum atomic E-state index is 10.6. The number of rotatable bonds is 6. The minimum atomic E-state index is -0.845. The summed E-state index contributed by atoms with van der Waals surface area (Å²) in [6, 6.07) is 1.45. The topological polar surface area (TPSA) is 84.3 Å². The average Bonchev–Trinajstić information content (AvgIpc) is 2.28. The Bertz CT molecular complexity index is 357. The Labute approximate surface area is 93.7 Å². The molecule has 1 aromatic heterocycles. The second-order valence-corrected chi connectivity index (χ2v) is 3.27. The van der Waals surface area contributed by atoms with Crippen molar-refractivity contribution in [2.45, 2.75) is 25.8 Å². The first-order valence-corrected chi connectivity index (χ1v) is 5.01. The first-order chi connectivity index (χ1) is 7.65. The Balaban J connectivity index is 2.65. The number of nitrogens with zero attached hydrogens (tertiary/aromatic N) is 2. The van der Waals surface area contributed by atoms with Crippen LogP contribution in [0.4, 0.5) is 5.95 Å². The Kier molecular flexibility index (Phi) is 4.50. The Morgan fingerprint density at radius 1 is 1.69 bits per heavy atom. The highest BCUT2D eigenvalue weighted by Gasteiger charge is 2.12. The molecule has 0 aliphatic carbocycles. The van der Waals surface area contributed by atoms with Gasteiger partial charge in [0.15, 0.2) is 0 Å². The van der Waals surface area contributed by atoms with Gasteiger partial charge in [-0.15, -0.1) is 0 Å². The molecule has 16 heavy (non-hydrogen) atoms. The normalized spacial score (nSPS) is 11.9. The fourth-order valence-electron chi connectivity index (χ4n) is 1.22. The highest BCUT2D eigenvalue weighted by atomic mass is 16.5. The molecule has 0 aliphatic rings. The number of anilines is 1. The largest absolute Gasteiger partial charge is 0.481 e. The molecular formula is C10H15N3O3. The smallest absolute Gasteiger partial charge is 0.305 e. The van der Waals surface area contributed by atoms with Gasteiger partial charge in [-0.1, -0.05) is 6.92 Å². The molecule has 0 saturated heterocycles. The molecule has 1 unspecified atom stereocenters. The van der Waals surface area contributed by atoms with Crippen LogP contribution in [-0.4, -0.2) is 34.2 Å². The summed E-state index contributed by atoms with van der Waals surface area (Å²) in [6.07, 6.45) is 2.28. The van der Waals surface area contributed by atoms with Gasteiger partial charge in [0.05, 0.1) is 13.5 Å². The number of nitrogens with one attached hydrogen (secondary N) is 1. The predicted octanol–water partition coefficient (Wildman–Crippen LogP) is 1.15. The molecule has 0 fully saturated rings. The van der Waals surface area contributed by atoms with E-state index in [1.54, 1.807) is 12.3 Å². The summed E-state index contributed by atoms with van der Waals surface area (Å²) in [7, 11) is 1.51. The molecule has 0 aliphatic heterocycles. The van der Waals surface area contributed by atoms with Crippen LogP contribution in [0.2, 0.25) is 0 Å². The highest BCUT2D eigenvalue weighted by Crippen LogP contribution is 2.10. The van der Waals surface area contributed by atoms with Crippen molar-refractivity contribution in [2.75, 3.05) is 12.4 Å². The number of carboxylic acid groups (broad SMARTS) is 1. The van der Waals surface area contributed by atoms with E-state index in [1.165, 1.54) is 7.11 Å². The first-order valence-electron chi connectivity index (χ1n) is 5.01. The Morgan fingerprint density at radius 2 is 2.44 bits per heavy atom. The summed E-state index contributed by atoms with van der Waals surface area (Å²) in [5.74, 6) is -0.0163. The first kappa shape index (κ1) is 12.2. The van der Waals surface area contributed by atoms with Crippen molar-refractivity contribution in [3.8, 4) is 5.88 Å². The van der Waals surface area contributed by atoms with Gasteiger partial charge < -0.3 is 15.2 Å². The molecule has 6 nitrogen and oxygen atoms in total. The van der Waals surface area contributed by atoms with Crippen LogP contribution in [0, 0.1) is 0 Å². The van der Waals surface area contributed by atoms with E-state index < -0.39 is 5.97 Å². The van der Waals surface area contributed by atoms with Crippen LogP contribution < -0.4 is 10.1 Å². The third kappa shape index (κ3) is 3.72. The fourth-order valence-corrected chi connectivity index (χ4v) is 1.22. The third-order valence-corrected chi connectivity index (χ3v) is 2.09. The molecule has 1 rings (SSSR count). The lowest BCUT2D eigenvalue weighted by molar-refractivity contribution is -0.137. The highest BCUT2D eigenvalue weighted by molar-refractivity contribution is 5.68.